The van der Waals surface area contributed by atoms with E-state index in [0.717, 1.165) is 5.56 Å². The molecule has 0 aliphatic carbocycles. The summed E-state index contributed by atoms with van der Waals surface area (Å²) in [6.45, 7) is 0. The van der Waals surface area contributed by atoms with Crippen LogP contribution < -0.4 is 5.43 Å². The number of nitro benzene ring substituents is 1. The Morgan fingerprint density at radius 3 is 2.24 bits per heavy atom. The van der Waals surface area contributed by atoms with Crippen molar-refractivity contribution in [3.8, 4) is 22.5 Å². The first-order chi connectivity index (χ1) is 14.1. The smallest absolute Gasteiger partial charge is 0.269 e. The number of non-ortho nitro benzene ring substituents is 1. The summed E-state index contributed by atoms with van der Waals surface area (Å²) in [5.74, 6) is 0.540. The SMILES string of the molecule is O=c1c2ccccc2[nH]c2oc(-c3ccccc3)c(-c3ccc([N+](=O)[O-])cc3)c12. The molecule has 6 heteroatoms. The number of fused-ring (bicyclic) bond motifs is 2. The van der Waals surface area contributed by atoms with Gasteiger partial charge in [-0.2, -0.15) is 0 Å². The lowest BCUT2D eigenvalue weighted by molar-refractivity contribution is -0.384. The van der Waals surface area contributed by atoms with Crippen LogP contribution in [-0.4, -0.2) is 9.91 Å². The van der Waals surface area contributed by atoms with Crippen LogP contribution in [0.25, 0.3) is 44.5 Å². The van der Waals surface area contributed by atoms with Crippen molar-refractivity contribution in [2.45, 2.75) is 0 Å². The molecule has 1 N–H and O–H groups in total. The van der Waals surface area contributed by atoms with E-state index in [1.165, 1.54) is 12.1 Å². The van der Waals surface area contributed by atoms with Crippen LogP contribution in [-0.2, 0) is 0 Å². The number of hydrogen-bond acceptors (Lipinski definition) is 4. The molecule has 0 amide bonds. The lowest BCUT2D eigenvalue weighted by atomic mass is 9.98. The number of para-hydroxylation sites is 1. The Morgan fingerprint density at radius 1 is 0.828 bits per heavy atom. The number of nitrogens with one attached hydrogen (secondary N) is 1. The number of hydrogen-bond donors (Lipinski definition) is 1. The number of aromatic amines is 1. The summed E-state index contributed by atoms with van der Waals surface area (Å²) in [5.41, 5.74) is 3.02. The highest BCUT2D eigenvalue weighted by molar-refractivity contribution is 6.04. The summed E-state index contributed by atoms with van der Waals surface area (Å²) in [7, 11) is 0. The maximum atomic E-state index is 13.3. The zero-order valence-corrected chi connectivity index (χ0v) is 15.1. The first-order valence-corrected chi connectivity index (χ1v) is 9.01. The van der Waals surface area contributed by atoms with Crippen molar-refractivity contribution in [2.24, 2.45) is 0 Å². The van der Waals surface area contributed by atoms with Crippen molar-refractivity contribution in [1.82, 2.24) is 4.98 Å². The molecule has 0 saturated heterocycles. The van der Waals surface area contributed by atoms with Crippen molar-refractivity contribution in [3.05, 3.63) is 99.2 Å². The third-order valence-corrected chi connectivity index (χ3v) is 4.96. The van der Waals surface area contributed by atoms with Crippen molar-refractivity contribution in [1.29, 1.82) is 0 Å². The Labute approximate surface area is 164 Å². The van der Waals surface area contributed by atoms with E-state index in [0.29, 0.717) is 38.9 Å². The van der Waals surface area contributed by atoms with E-state index in [4.69, 9.17) is 4.42 Å². The number of nitrogens with zero attached hydrogens (tertiary/aromatic N) is 1. The number of H-pyrrole nitrogens is 1. The molecule has 0 fully saturated rings. The second-order valence-corrected chi connectivity index (χ2v) is 6.68. The minimum absolute atomic E-state index is 0.0119. The molecule has 0 spiro atoms. The van der Waals surface area contributed by atoms with E-state index in [2.05, 4.69) is 4.98 Å². The van der Waals surface area contributed by atoms with Gasteiger partial charge in [0.1, 0.15) is 5.76 Å². The maximum Gasteiger partial charge on any atom is 0.269 e. The zero-order valence-electron chi connectivity index (χ0n) is 15.1. The standard InChI is InChI=1S/C23H14N2O4/c26-21-17-8-4-5-9-18(17)24-23-20(21)19(14-10-12-16(13-11-14)25(27)28)22(29-23)15-6-2-1-3-7-15/h1-13H,(H,24,26). The Hall–Kier alpha value is -4.19. The van der Waals surface area contributed by atoms with Gasteiger partial charge in [0.25, 0.3) is 5.69 Å². The lowest BCUT2D eigenvalue weighted by Gasteiger charge is -2.04. The number of aromatic nitrogens is 1. The highest BCUT2D eigenvalue weighted by Crippen LogP contribution is 2.39. The normalized spacial score (nSPS) is 11.2. The van der Waals surface area contributed by atoms with Crippen LogP contribution in [0.2, 0.25) is 0 Å². The number of rotatable bonds is 3. The Bertz CT molecular complexity index is 1430. The van der Waals surface area contributed by atoms with Crippen molar-refractivity contribution < 1.29 is 9.34 Å². The number of nitro groups is 1. The largest absolute Gasteiger partial charge is 0.439 e. The van der Waals surface area contributed by atoms with Gasteiger partial charge < -0.3 is 9.40 Å². The average molecular weight is 382 g/mol. The fourth-order valence-electron chi connectivity index (χ4n) is 3.60. The molecule has 3 aromatic carbocycles. The van der Waals surface area contributed by atoms with Gasteiger partial charge >= 0.3 is 0 Å². The van der Waals surface area contributed by atoms with E-state index >= 15 is 0 Å². The van der Waals surface area contributed by atoms with E-state index in [1.54, 1.807) is 18.2 Å². The Balaban J connectivity index is 1.89. The fraction of sp³-hybridized carbons (Fsp3) is 0. The molecule has 0 aliphatic rings. The van der Waals surface area contributed by atoms with E-state index in [1.807, 2.05) is 48.5 Å². The summed E-state index contributed by atoms with van der Waals surface area (Å²) in [6.07, 6.45) is 0. The Morgan fingerprint density at radius 2 is 1.52 bits per heavy atom. The van der Waals surface area contributed by atoms with Crippen LogP contribution in [0.3, 0.4) is 0 Å². The molecule has 0 bridgehead atoms. The van der Waals surface area contributed by atoms with Gasteiger partial charge in [-0.1, -0.05) is 42.5 Å². The van der Waals surface area contributed by atoms with Crippen molar-refractivity contribution in [3.63, 3.8) is 0 Å². The van der Waals surface area contributed by atoms with Gasteiger partial charge in [0.15, 0.2) is 0 Å². The molecule has 0 unspecified atom stereocenters. The molecule has 0 saturated carbocycles. The predicted molar refractivity (Wildman–Crippen MR) is 112 cm³/mol. The molecule has 2 heterocycles. The second-order valence-electron chi connectivity index (χ2n) is 6.68. The summed E-state index contributed by atoms with van der Waals surface area (Å²) in [4.78, 5) is 27.1. The third-order valence-electron chi connectivity index (χ3n) is 4.96. The molecule has 0 radical (unpaired) electrons. The molecular weight excluding hydrogens is 368 g/mol. The second kappa shape index (κ2) is 6.45. The van der Waals surface area contributed by atoms with E-state index in [9.17, 15) is 14.9 Å². The topological polar surface area (TPSA) is 89.1 Å². The summed E-state index contributed by atoms with van der Waals surface area (Å²) in [6, 6.07) is 22.9. The molecule has 2 aromatic heterocycles. The monoisotopic (exact) mass is 382 g/mol. The van der Waals surface area contributed by atoms with Gasteiger partial charge in [0, 0.05) is 28.6 Å². The molecule has 6 nitrogen and oxygen atoms in total. The fourth-order valence-corrected chi connectivity index (χ4v) is 3.60. The van der Waals surface area contributed by atoms with Crippen LogP contribution in [0.4, 0.5) is 5.69 Å². The molecule has 0 atom stereocenters. The summed E-state index contributed by atoms with van der Waals surface area (Å²) in [5, 5.41) is 12.0. The third kappa shape index (κ3) is 2.70. The molecule has 29 heavy (non-hydrogen) atoms. The van der Waals surface area contributed by atoms with Gasteiger partial charge in [-0.15, -0.1) is 0 Å². The quantitative estimate of drug-likeness (QED) is 0.329. The van der Waals surface area contributed by atoms with Crippen molar-refractivity contribution in [2.75, 3.05) is 0 Å². The number of pyridine rings is 1. The number of benzene rings is 3. The molecular formula is C23H14N2O4. The van der Waals surface area contributed by atoms with Crippen LogP contribution in [0.15, 0.2) is 88.1 Å². The van der Waals surface area contributed by atoms with E-state index in [-0.39, 0.29) is 11.1 Å². The van der Waals surface area contributed by atoms with Gasteiger partial charge in [-0.05, 0) is 29.8 Å². The van der Waals surface area contributed by atoms with Crippen LogP contribution in [0, 0.1) is 10.1 Å². The van der Waals surface area contributed by atoms with Gasteiger partial charge in [-0.25, -0.2) is 0 Å². The zero-order chi connectivity index (χ0) is 20.0. The Kier molecular flexibility index (Phi) is 3.77. The van der Waals surface area contributed by atoms with Gasteiger partial charge in [0.2, 0.25) is 11.1 Å². The summed E-state index contributed by atoms with van der Waals surface area (Å²) < 4.78 is 6.12. The highest BCUT2D eigenvalue weighted by atomic mass is 16.6. The minimum Gasteiger partial charge on any atom is -0.439 e. The first kappa shape index (κ1) is 16.9. The van der Waals surface area contributed by atoms with Crippen LogP contribution in [0.1, 0.15) is 0 Å². The predicted octanol–water partition coefficient (Wildman–Crippen LogP) is 5.52. The summed E-state index contributed by atoms with van der Waals surface area (Å²) >= 11 is 0. The van der Waals surface area contributed by atoms with Crippen molar-refractivity contribution >= 4 is 27.7 Å². The number of furan rings is 1. The van der Waals surface area contributed by atoms with Crippen LogP contribution >= 0.6 is 0 Å². The first-order valence-electron chi connectivity index (χ1n) is 9.01. The van der Waals surface area contributed by atoms with Gasteiger partial charge in [0.05, 0.1) is 15.8 Å². The maximum absolute atomic E-state index is 13.3. The average Bonchev–Trinajstić information content (AvgIpc) is 3.14. The highest BCUT2D eigenvalue weighted by Gasteiger charge is 2.22. The van der Waals surface area contributed by atoms with Gasteiger partial charge in [-0.3, -0.25) is 14.9 Å². The molecule has 0 aliphatic heterocycles. The van der Waals surface area contributed by atoms with Crippen LogP contribution in [0.5, 0.6) is 0 Å². The minimum atomic E-state index is -0.449. The lowest BCUT2D eigenvalue weighted by Crippen LogP contribution is -2.03. The molecule has 140 valence electrons. The van der Waals surface area contributed by atoms with E-state index < -0.39 is 4.92 Å². The molecule has 5 rings (SSSR count). The molecule has 5 aromatic rings.